The van der Waals surface area contributed by atoms with Crippen molar-refractivity contribution in [1.29, 1.82) is 0 Å². The predicted molar refractivity (Wildman–Crippen MR) is 146 cm³/mol. The van der Waals surface area contributed by atoms with Crippen molar-refractivity contribution >= 4 is 17.0 Å². The van der Waals surface area contributed by atoms with Crippen LogP contribution in [-0.2, 0) is 19.8 Å². The number of aromatic nitrogens is 4. The van der Waals surface area contributed by atoms with Crippen LogP contribution in [0.1, 0.15) is 22.9 Å². The van der Waals surface area contributed by atoms with Crippen molar-refractivity contribution in [3.63, 3.8) is 0 Å². The third-order valence-corrected chi connectivity index (χ3v) is 7.25. The molecular weight excluding hydrogens is 494 g/mol. The maximum atomic E-state index is 11.3. The highest BCUT2D eigenvalue weighted by Crippen LogP contribution is 2.42. The van der Waals surface area contributed by atoms with Crippen molar-refractivity contribution < 1.29 is 19.3 Å². The minimum Gasteiger partial charge on any atom is -0.387 e. The molecule has 0 spiro atoms. The average Bonchev–Trinajstić information content (AvgIpc) is 3.56. The average molecular weight is 524 g/mol. The second-order valence-corrected chi connectivity index (χ2v) is 9.43. The Labute approximate surface area is 225 Å². The molecule has 0 saturated carbocycles. The van der Waals surface area contributed by atoms with Crippen LogP contribution in [0, 0.1) is 0 Å². The molecule has 0 unspecified atom stereocenters. The Morgan fingerprint density at radius 3 is 1.97 bits per heavy atom. The van der Waals surface area contributed by atoms with Crippen LogP contribution in [-0.4, -0.2) is 56.7 Å². The molecule has 0 amide bonds. The van der Waals surface area contributed by atoms with Gasteiger partial charge in [0.15, 0.2) is 17.7 Å². The molecular formula is C30H29N5O4. The fourth-order valence-electron chi connectivity index (χ4n) is 5.37. The Bertz CT molecular complexity index is 1430. The molecule has 2 aromatic heterocycles. The van der Waals surface area contributed by atoms with Gasteiger partial charge in [-0.25, -0.2) is 15.0 Å². The molecule has 9 heteroatoms. The number of anilines is 1. The monoisotopic (exact) mass is 523 g/mol. The molecule has 0 bridgehead atoms. The summed E-state index contributed by atoms with van der Waals surface area (Å²) in [6.07, 6.45) is -0.116. The topological polar surface area (TPSA) is 118 Å². The molecule has 9 nitrogen and oxygen atoms in total. The number of imidazole rings is 1. The van der Waals surface area contributed by atoms with Gasteiger partial charge in [0.2, 0.25) is 0 Å². The molecule has 5 aromatic rings. The summed E-state index contributed by atoms with van der Waals surface area (Å²) in [7, 11) is 1.54. The highest BCUT2D eigenvalue weighted by atomic mass is 16.6. The van der Waals surface area contributed by atoms with Gasteiger partial charge in [0.05, 0.1) is 12.9 Å². The first-order chi connectivity index (χ1) is 19.1. The van der Waals surface area contributed by atoms with E-state index < -0.39 is 30.1 Å². The fourth-order valence-corrected chi connectivity index (χ4v) is 5.37. The van der Waals surface area contributed by atoms with E-state index in [-0.39, 0.29) is 12.4 Å². The number of nitrogen functional groups attached to an aromatic ring is 1. The van der Waals surface area contributed by atoms with E-state index in [4.69, 9.17) is 19.9 Å². The normalized spacial score (nSPS) is 21.4. The number of nitrogens with two attached hydrogens (primary N) is 1. The number of benzene rings is 3. The number of aliphatic hydroxyl groups is 1. The number of fused-ring (bicyclic) bond motifs is 1. The molecule has 4 atom stereocenters. The number of ether oxygens (including phenoxy) is 3. The van der Waals surface area contributed by atoms with E-state index in [9.17, 15) is 5.11 Å². The van der Waals surface area contributed by atoms with E-state index in [0.29, 0.717) is 11.2 Å². The highest BCUT2D eigenvalue weighted by Gasteiger charge is 2.47. The lowest BCUT2D eigenvalue weighted by atomic mass is 9.80. The summed E-state index contributed by atoms with van der Waals surface area (Å²) in [5.74, 6) is 0.268. The van der Waals surface area contributed by atoms with Gasteiger partial charge in [0.25, 0.3) is 0 Å². The highest BCUT2D eigenvalue weighted by molar-refractivity contribution is 5.81. The molecule has 3 aromatic carbocycles. The van der Waals surface area contributed by atoms with Crippen molar-refractivity contribution in [3.05, 3.63) is 120 Å². The van der Waals surface area contributed by atoms with Crippen LogP contribution < -0.4 is 5.73 Å². The van der Waals surface area contributed by atoms with Crippen molar-refractivity contribution in [2.75, 3.05) is 19.5 Å². The van der Waals surface area contributed by atoms with Gasteiger partial charge < -0.3 is 25.1 Å². The van der Waals surface area contributed by atoms with E-state index in [1.165, 1.54) is 13.4 Å². The Balaban J connectivity index is 1.38. The maximum Gasteiger partial charge on any atom is 0.167 e. The molecule has 0 radical (unpaired) electrons. The van der Waals surface area contributed by atoms with Gasteiger partial charge in [-0.3, -0.25) is 4.57 Å². The summed E-state index contributed by atoms with van der Waals surface area (Å²) in [6.45, 7) is 0.0833. The number of aliphatic hydroxyl groups excluding tert-OH is 1. The number of rotatable bonds is 8. The van der Waals surface area contributed by atoms with Crippen molar-refractivity contribution in [2.24, 2.45) is 0 Å². The van der Waals surface area contributed by atoms with Gasteiger partial charge in [0, 0.05) is 7.11 Å². The van der Waals surface area contributed by atoms with Gasteiger partial charge in [-0.05, 0) is 16.7 Å². The number of hydrogen-bond acceptors (Lipinski definition) is 8. The number of methoxy groups -OCH3 is 1. The third-order valence-electron chi connectivity index (χ3n) is 7.25. The summed E-state index contributed by atoms with van der Waals surface area (Å²) < 4.78 is 20.7. The second kappa shape index (κ2) is 10.5. The Morgan fingerprint density at radius 1 is 0.872 bits per heavy atom. The standard InChI is InChI=1S/C30H29N5O4/c1-37-26-25(36)23(39-29(26)35-19-34-24-27(31)32-18-33-28(24)35)17-38-30(20-11-5-2-6-12-20,21-13-7-3-8-14-21)22-15-9-4-10-16-22/h2-16,18-19,23,25-26,29,36H,17H2,1H3,(H2,31,32,33)/t23-,25+,26-,29-/m1/s1. The third kappa shape index (κ3) is 4.35. The lowest BCUT2D eigenvalue weighted by Gasteiger charge is -2.37. The van der Waals surface area contributed by atoms with Crippen molar-refractivity contribution in [1.82, 2.24) is 19.5 Å². The molecule has 1 aliphatic rings. The molecule has 3 N–H and O–H groups in total. The molecule has 1 aliphatic heterocycles. The molecule has 1 saturated heterocycles. The fraction of sp³-hybridized carbons (Fsp3) is 0.233. The van der Waals surface area contributed by atoms with E-state index in [2.05, 4.69) is 51.4 Å². The molecule has 1 fully saturated rings. The summed E-state index contributed by atoms with van der Waals surface area (Å²) in [5, 5.41) is 11.3. The SMILES string of the molecule is CO[C@@H]1[C@@H](O)[C@@H](COC(c2ccccc2)(c2ccccc2)c2ccccc2)O[C@H]1n1cnc2c(N)ncnc21. The molecule has 0 aliphatic carbocycles. The first-order valence-corrected chi connectivity index (χ1v) is 12.7. The Morgan fingerprint density at radius 2 is 1.44 bits per heavy atom. The molecule has 6 rings (SSSR count). The van der Waals surface area contributed by atoms with Gasteiger partial charge in [-0.1, -0.05) is 91.0 Å². The Hall–Kier alpha value is -4.15. The van der Waals surface area contributed by atoms with Crippen LogP contribution in [0.25, 0.3) is 11.2 Å². The van der Waals surface area contributed by atoms with Gasteiger partial charge >= 0.3 is 0 Å². The quantitative estimate of drug-likeness (QED) is 0.296. The largest absolute Gasteiger partial charge is 0.387 e. The molecule has 3 heterocycles. The predicted octanol–water partition coefficient (Wildman–Crippen LogP) is 3.69. The smallest absolute Gasteiger partial charge is 0.167 e. The number of nitrogens with zero attached hydrogens (tertiary/aromatic N) is 4. The van der Waals surface area contributed by atoms with Crippen LogP contribution >= 0.6 is 0 Å². The lowest BCUT2D eigenvalue weighted by Crippen LogP contribution is -2.40. The summed E-state index contributed by atoms with van der Waals surface area (Å²) in [6, 6.07) is 30.2. The molecule has 39 heavy (non-hydrogen) atoms. The van der Waals surface area contributed by atoms with Crippen LogP contribution in [0.15, 0.2) is 104 Å². The van der Waals surface area contributed by atoms with Crippen LogP contribution in [0.4, 0.5) is 5.82 Å². The van der Waals surface area contributed by atoms with E-state index in [1.807, 2.05) is 54.6 Å². The zero-order valence-corrected chi connectivity index (χ0v) is 21.4. The van der Waals surface area contributed by atoms with E-state index in [0.717, 1.165) is 16.7 Å². The van der Waals surface area contributed by atoms with Gasteiger partial charge in [0.1, 0.15) is 35.8 Å². The molecule has 198 valence electrons. The minimum atomic E-state index is -0.975. The van der Waals surface area contributed by atoms with E-state index >= 15 is 0 Å². The Kier molecular flexibility index (Phi) is 6.80. The lowest BCUT2D eigenvalue weighted by molar-refractivity contribution is -0.0948. The van der Waals surface area contributed by atoms with Gasteiger partial charge in [-0.2, -0.15) is 0 Å². The second-order valence-electron chi connectivity index (χ2n) is 9.43. The summed E-state index contributed by atoms with van der Waals surface area (Å²) in [5.41, 5.74) is 8.87. The van der Waals surface area contributed by atoms with Crippen molar-refractivity contribution in [3.8, 4) is 0 Å². The van der Waals surface area contributed by atoms with Crippen LogP contribution in [0.5, 0.6) is 0 Å². The van der Waals surface area contributed by atoms with Crippen LogP contribution in [0.3, 0.4) is 0 Å². The number of hydrogen-bond donors (Lipinski definition) is 2. The summed E-state index contributed by atoms with van der Waals surface area (Å²) in [4.78, 5) is 12.7. The van der Waals surface area contributed by atoms with Crippen molar-refractivity contribution in [2.45, 2.75) is 30.1 Å². The first-order valence-electron chi connectivity index (χ1n) is 12.7. The maximum absolute atomic E-state index is 11.3. The minimum absolute atomic E-state index is 0.0833. The first kappa shape index (κ1) is 25.1. The zero-order valence-electron chi connectivity index (χ0n) is 21.4. The van der Waals surface area contributed by atoms with Crippen LogP contribution in [0.2, 0.25) is 0 Å². The van der Waals surface area contributed by atoms with Gasteiger partial charge in [-0.15, -0.1) is 0 Å². The summed E-state index contributed by atoms with van der Waals surface area (Å²) >= 11 is 0. The van der Waals surface area contributed by atoms with E-state index in [1.54, 1.807) is 10.9 Å². The zero-order chi connectivity index (χ0) is 26.8.